The van der Waals surface area contributed by atoms with E-state index in [0.717, 1.165) is 6.07 Å². The zero-order valence-corrected chi connectivity index (χ0v) is 11.8. The maximum Gasteiger partial charge on any atom is 0.435 e. The van der Waals surface area contributed by atoms with E-state index in [1.54, 1.807) is 0 Å². The standard InChI is InChI=1S/C13H14F7NO2/c1-7-4-8(2-3-10(7)21-5-9(23)6-22)11(14,12(15,16)17)13(18,19)20/h2-4,9,21-23H,5-6H2,1H3. The largest absolute Gasteiger partial charge is 0.435 e. The van der Waals surface area contributed by atoms with Crippen molar-refractivity contribution in [3.8, 4) is 0 Å². The third-order valence-electron chi connectivity index (χ3n) is 3.14. The van der Waals surface area contributed by atoms with Crippen LogP contribution in [0.3, 0.4) is 0 Å². The first kappa shape index (κ1) is 19.5. The number of halogens is 7. The Hall–Kier alpha value is -1.55. The Morgan fingerprint density at radius 3 is 1.96 bits per heavy atom. The van der Waals surface area contributed by atoms with Gasteiger partial charge in [0.2, 0.25) is 0 Å². The molecule has 1 atom stereocenters. The van der Waals surface area contributed by atoms with Crippen LogP contribution in [0.1, 0.15) is 11.1 Å². The van der Waals surface area contributed by atoms with Gasteiger partial charge in [-0.3, -0.25) is 0 Å². The lowest BCUT2D eigenvalue weighted by molar-refractivity contribution is -0.348. The molecule has 132 valence electrons. The Bertz CT molecular complexity index is 528. The molecule has 3 nitrogen and oxygen atoms in total. The van der Waals surface area contributed by atoms with Crippen LogP contribution in [0.15, 0.2) is 18.2 Å². The summed E-state index contributed by atoms with van der Waals surface area (Å²) >= 11 is 0. The first-order valence-corrected chi connectivity index (χ1v) is 6.31. The number of hydrogen-bond acceptors (Lipinski definition) is 3. The lowest BCUT2D eigenvalue weighted by Gasteiger charge is -2.30. The van der Waals surface area contributed by atoms with Gasteiger partial charge in [0.25, 0.3) is 0 Å². The summed E-state index contributed by atoms with van der Waals surface area (Å²) < 4.78 is 89.8. The number of rotatable bonds is 5. The fourth-order valence-corrected chi connectivity index (χ4v) is 1.86. The quantitative estimate of drug-likeness (QED) is 0.717. The third kappa shape index (κ3) is 3.86. The summed E-state index contributed by atoms with van der Waals surface area (Å²) in [6.45, 7) is 0.417. The lowest BCUT2D eigenvalue weighted by atomic mass is 9.92. The Kier molecular flexibility index (Phi) is 5.53. The van der Waals surface area contributed by atoms with Crippen LogP contribution in [0.2, 0.25) is 0 Å². The highest BCUT2D eigenvalue weighted by atomic mass is 19.4. The van der Waals surface area contributed by atoms with Crippen molar-refractivity contribution >= 4 is 5.69 Å². The van der Waals surface area contributed by atoms with Gasteiger partial charge >= 0.3 is 18.0 Å². The van der Waals surface area contributed by atoms with Crippen molar-refractivity contribution in [1.29, 1.82) is 0 Å². The number of nitrogens with one attached hydrogen (secondary N) is 1. The average molecular weight is 349 g/mol. The van der Waals surface area contributed by atoms with Gasteiger partial charge in [-0.15, -0.1) is 0 Å². The summed E-state index contributed by atoms with van der Waals surface area (Å²) in [5.74, 6) is 0. The number of aliphatic hydroxyl groups is 2. The number of benzene rings is 1. The predicted octanol–water partition coefficient (Wildman–Crippen LogP) is 3.05. The molecule has 23 heavy (non-hydrogen) atoms. The number of alkyl halides is 7. The summed E-state index contributed by atoms with van der Waals surface area (Å²) in [5.41, 5.74) is -7.03. The van der Waals surface area contributed by atoms with Crippen LogP contribution in [-0.4, -0.2) is 41.8 Å². The van der Waals surface area contributed by atoms with E-state index in [2.05, 4.69) is 5.32 Å². The van der Waals surface area contributed by atoms with Crippen LogP contribution in [0.25, 0.3) is 0 Å². The van der Waals surface area contributed by atoms with Crippen molar-refractivity contribution in [3.63, 3.8) is 0 Å². The second kappa shape index (κ2) is 6.52. The topological polar surface area (TPSA) is 52.5 Å². The molecule has 0 aliphatic carbocycles. The second-order valence-electron chi connectivity index (χ2n) is 4.90. The SMILES string of the molecule is Cc1cc(C(F)(C(F)(F)F)C(F)(F)F)ccc1NCC(O)CO. The van der Waals surface area contributed by atoms with Crippen LogP contribution >= 0.6 is 0 Å². The van der Waals surface area contributed by atoms with E-state index in [9.17, 15) is 30.7 Å². The number of aryl methyl sites for hydroxylation is 1. The fraction of sp³-hybridized carbons (Fsp3) is 0.538. The van der Waals surface area contributed by atoms with Crippen molar-refractivity contribution in [2.75, 3.05) is 18.5 Å². The van der Waals surface area contributed by atoms with E-state index in [0.29, 0.717) is 12.1 Å². The summed E-state index contributed by atoms with van der Waals surface area (Å²) in [5, 5.41) is 20.3. The lowest BCUT2D eigenvalue weighted by Crippen LogP contribution is -2.50. The summed E-state index contributed by atoms with van der Waals surface area (Å²) in [6, 6.07) is 1.66. The van der Waals surface area contributed by atoms with Gasteiger partial charge in [-0.2, -0.15) is 26.3 Å². The zero-order chi connectivity index (χ0) is 18.1. The van der Waals surface area contributed by atoms with Gasteiger partial charge in [0.05, 0.1) is 12.7 Å². The molecular formula is C13H14F7NO2. The van der Waals surface area contributed by atoms with Crippen LogP contribution in [0.4, 0.5) is 36.4 Å². The molecule has 0 saturated heterocycles. The van der Waals surface area contributed by atoms with E-state index in [4.69, 9.17) is 10.2 Å². The zero-order valence-electron chi connectivity index (χ0n) is 11.8. The minimum Gasteiger partial charge on any atom is -0.394 e. The van der Waals surface area contributed by atoms with Crippen LogP contribution in [0, 0.1) is 6.92 Å². The molecule has 0 spiro atoms. The molecule has 10 heteroatoms. The van der Waals surface area contributed by atoms with E-state index < -0.39 is 36.3 Å². The molecule has 1 aromatic rings. The van der Waals surface area contributed by atoms with Gasteiger partial charge in [-0.05, 0) is 18.6 Å². The van der Waals surface area contributed by atoms with Crippen LogP contribution in [-0.2, 0) is 5.67 Å². The summed E-state index contributed by atoms with van der Waals surface area (Å²) in [7, 11) is 0. The second-order valence-corrected chi connectivity index (χ2v) is 4.90. The molecule has 0 saturated carbocycles. The molecule has 0 fully saturated rings. The molecule has 0 radical (unpaired) electrons. The van der Waals surface area contributed by atoms with E-state index in [-0.39, 0.29) is 17.8 Å². The molecule has 0 bridgehead atoms. The molecule has 0 aliphatic heterocycles. The van der Waals surface area contributed by atoms with Crippen molar-refractivity contribution in [1.82, 2.24) is 0 Å². The Labute approximate surface area is 126 Å². The van der Waals surface area contributed by atoms with Crippen LogP contribution < -0.4 is 5.32 Å². The van der Waals surface area contributed by atoms with Crippen LogP contribution in [0.5, 0.6) is 0 Å². The molecular weight excluding hydrogens is 335 g/mol. The first-order chi connectivity index (χ1) is 10.3. The van der Waals surface area contributed by atoms with E-state index in [1.807, 2.05) is 0 Å². The molecule has 3 N–H and O–H groups in total. The minimum atomic E-state index is -6.17. The molecule has 0 heterocycles. The third-order valence-corrected chi connectivity index (χ3v) is 3.14. The van der Waals surface area contributed by atoms with Gasteiger partial charge in [-0.25, -0.2) is 4.39 Å². The van der Waals surface area contributed by atoms with Crippen molar-refractivity contribution < 1.29 is 40.9 Å². The number of aliphatic hydroxyl groups excluding tert-OH is 2. The predicted molar refractivity (Wildman–Crippen MR) is 67.7 cm³/mol. The maximum absolute atomic E-state index is 13.9. The Morgan fingerprint density at radius 2 is 1.57 bits per heavy atom. The minimum absolute atomic E-state index is 0.0804. The molecule has 0 aliphatic rings. The van der Waals surface area contributed by atoms with Gasteiger partial charge < -0.3 is 15.5 Å². The molecule has 1 rings (SSSR count). The average Bonchev–Trinajstić information content (AvgIpc) is 2.42. The number of anilines is 1. The normalized spacial score (nSPS) is 14.7. The Balaban J connectivity index is 3.21. The monoisotopic (exact) mass is 349 g/mol. The Morgan fingerprint density at radius 1 is 1.04 bits per heavy atom. The van der Waals surface area contributed by atoms with Gasteiger partial charge in [0.15, 0.2) is 0 Å². The first-order valence-electron chi connectivity index (χ1n) is 6.31. The van der Waals surface area contributed by atoms with Gasteiger partial charge in [-0.1, -0.05) is 12.1 Å². The molecule has 0 amide bonds. The summed E-state index contributed by atoms with van der Waals surface area (Å²) in [4.78, 5) is 0. The highest BCUT2D eigenvalue weighted by Gasteiger charge is 2.73. The smallest absolute Gasteiger partial charge is 0.394 e. The summed E-state index contributed by atoms with van der Waals surface area (Å²) in [6.07, 6.45) is -13.5. The molecule has 0 aromatic heterocycles. The fourth-order valence-electron chi connectivity index (χ4n) is 1.86. The van der Waals surface area contributed by atoms with Crippen molar-refractivity contribution in [2.45, 2.75) is 31.0 Å². The number of hydrogen-bond donors (Lipinski definition) is 3. The highest BCUT2D eigenvalue weighted by Crippen LogP contribution is 2.53. The van der Waals surface area contributed by atoms with Crippen molar-refractivity contribution in [3.05, 3.63) is 29.3 Å². The van der Waals surface area contributed by atoms with Gasteiger partial charge in [0, 0.05) is 17.8 Å². The molecule has 1 aromatic carbocycles. The van der Waals surface area contributed by atoms with Gasteiger partial charge in [0.1, 0.15) is 0 Å². The van der Waals surface area contributed by atoms with E-state index >= 15 is 0 Å². The van der Waals surface area contributed by atoms with E-state index in [1.165, 1.54) is 6.92 Å². The highest BCUT2D eigenvalue weighted by molar-refractivity contribution is 5.53. The van der Waals surface area contributed by atoms with Crippen molar-refractivity contribution in [2.24, 2.45) is 0 Å². The maximum atomic E-state index is 13.9. The molecule has 1 unspecified atom stereocenters.